The second kappa shape index (κ2) is 5.88. The summed E-state index contributed by atoms with van der Waals surface area (Å²) in [6.45, 7) is 4.96. The van der Waals surface area contributed by atoms with Gasteiger partial charge < -0.3 is 5.32 Å². The maximum Gasteiger partial charge on any atom is 0.288 e. The third kappa shape index (κ3) is 3.45. The van der Waals surface area contributed by atoms with Crippen molar-refractivity contribution in [3.63, 3.8) is 0 Å². The van der Waals surface area contributed by atoms with Gasteiger partial charge in [0.1, 0.15) is 5.02 Å². The van der Waals surface area contributed by atoms with Crippen LogP contribution in [0.4, 0.5) is 5.69 Å². The summed E-state index contributed by atoms with van der Waals surface area (Å²) in [5, 5.41) is 14.6. The standard InChI is InChI=1S/C14H19ClN2O2/c1-3-16-13(10-4-5-10)8-11-7-12(15)14(17(18)19)6-9(11)2/h6-7,10,13,16H,3-5,8H2,1-2H3. The van der Waals surface area contributed by atoms with E-state index in [9.17, 15) is 10.1 Å². The lowest BCUT2D eigenvalue weighted by atomic mass is 9.98. The molecule has 19 heavy (non-hydrogen) atoms. The first kappa shape index (κ1) is 14.3. The molecule has 0 spiro atoms. The lowest BCUT2D eigenvalue weighted by Crippen LogP contribution is -2.33. The summed E-state index contributed by atoms with van der Waals surface area (Å²) >= 11 is 5.99. The van der Waals surface area contributed by atoms with Crippen molar-refractivity contribution in [1.29, 1.82) is 0 Å². The van der Waals surface area contributed by atoms with Gasteiger partial charge in [0.25, 0.3) is 5.69 Å². The van der Waals surface area contributed by atoms with Gasteiger partial charge in [-0.3, -0.25) is 10.1 Å². The van der Waals surface area contributed by atoms with Gasteiger partial charge in [0, 0.05) is 12.1 Å². The minimum atomic E-state index is -0.429. The Hall–Kier alpha value is -1.13. The van der Waals surface area contributed by atoms with Crippen molar-refractivity contribution in [1.82, 2.24) is 5.32 Å². The van der Waals surface area contributed by atoms with E-state index in [1.165, 1.54) is 12.8 Å². The second-order valence-corrected chi connectivity index (χ2v) is 5.60. The average molecular weight is 283 g/mol. The fourth-order valence-electron chi connectivity index (χ4n) is 2.47. The molecule has 1 unspecified atom stereocenters. The summed E-state index contributed by atoms with van der Waals surface area (Å²) < 4.78 is 0. The van der Waals surface area contributed by atoms with Gasteiger partial charge in [0.2, 0.25) is 0 Å². The highest BCUT2D eigenvalue weighted by Crippen LogP contribution is 2.35. The first-order valence-electron chi connectivity index (χ1n) is 6.69. The largest absolute Gasteiger partial charge is 0.314 e. The average Bonchev–Trinajstić information content (AvgIpc) is 3.16. The van der Waals surface area contributed by atoms with Crippen molar-refractivity contribution < 1.29 is 4.92 Å². The number of hydrogen-bond donors (Lipinski definition) is 1. The lowest BCUT2D eigenvalue weighted by molar-refractivity contribution is -0.384. The zero-order valence-electron chi connectivity index (χ0n) is 11.3. The van der Waals surface area contributed by atoms with E-state index in [0.717, 1.165) is 30.0 Å². The fraction of sp³-hybridized carbons (Fsp3) is 0.571. The van der Waals surface area contributed by atoms with E-state index >= 15 is 0 Å². The Kier molecular flexibility index (Phi) is 4.42. The van der Waals surface area contributed by atoms with Gasteiger partial charge in [0.05, 0.1) is 4.92 Å². The Labute approximate surface area is 118 Å². The summed E-state index contributed by atoms with van der Waals surface area (Å²) in [5.74, 6) is 0.744. The molecule has 1 aliphatic carbocycles. The molecule has 0 aliphatic heterocycles. The molecule has 0 radical (unpaired) electrons. The molecule has 1 fully saturated rings. The molecule has 0 amide bonds. The van der Waals surface area contributed by atoms with Crippen LogP contribution in [-0.2, 0) is 6.42 Å². The van der Waals surface area contributed by atoms with Crippen LogP contribution in [0.2, 0.25) is 5.02 Å². The fourth-order valence-corrected chi connectivity index (χ4v) is 2.73. The van der Waals surface area contributed by atoms with Crippen LogP contribution < -0.4 is 5.32 Å². The van der Waals surface area contributed by atoms with E-state index in [0.29, 0.717) is 6.04 Å². The van der Waals surface area contributed by atoms with Crippen molar-refractivity contribution >= 4 is 17.3 Å². The summed E-state index contributed by atoms with van der Waals surface area (Å²) in [6.07, 6.45) is 3.44. The van der Waals surface area contributed by atoms with Crippen LogP contribution in [0.15, 0.2) is 12.1 Å². The number of aryl methyl sites for hydroxylation is 1. The number of nitro benzene ring substituents is 1. The zero-order valence-corrected chi connectivity index (χ0v) is 12.0. The van der Waals surface area contributed by atoms with E-state index in [4.69, 9.17) is 11.6 Å². The number of hydrogen-bond acceptors (Lipinski definition) is 3. The number of nitrogens with zero attached hydrogens (tertiary/aromatic N) is 1. The molecule has 0 heterocycles. The highest BCUT2D eigenvalue weighted by molar-refractivity contribution is 6.32. The SMILES string of the molecule is CCNC(Cc1cc(Cl)c([N+](=O)[O-])cc1C)C1CC1. The Morgan fingerprint density at radius 2 is 2.21 bits per heavy atom. The van der Waals surface area contributed by atoms with Crippen molar-refractivity contribution in [3.8, 4) is 0 Å². The minimum Gasteiger partial charge on any atom is -0.314 e. The van der Waals surface area contributed by atoms with Crippen molar-refractivity contribution in [2.45, 2.75) is 39.2 Å². The quantitative estimate of drug-likeness (QED) is 0.642. The van der Waals surface area contributed by atoms with Crippen LogP contribution in [-0.4, -0.2) is 17.5 Å². The Bertz CT molecular complexity index is 487. The number of halogens is 1. The number of rotatable bonds is 6. The van der Waals surface area contributed by atoms with Gasteiger partial charge in [-0.05, 0) is 55.8 Å². The second-order valence-electron chi connectivity index (χ2n) is 5.19. The molecule has 1 aliphatic rings. The number of nitrogens with one attached hydrogen (secondary N) is 1. The number of nitro groups is 1. The molecular formula is C14H19ClN2O2. The van der Waals surface area contributed by atoms with Crippen LogP contribution in [0.1, 0.15) is 30.9 Å². The van der Waals surface area contributed by atoms with Gasteiger partial charge in [-0.15, -0.1) is 0 Å². The van der Waals surface area contributed by atoms with Crippen LogP contribution in [0, 0.1) is 23.0 Å². The first-order chi connectivity index (χ1) is 9.02. The molecule has 1 aromatic carbocycles. The molecule has 4 nitrogen and oxygen atoms in total. The monoisotopic (exact) mass is 282 g/mol. The van der Waals surface area contributed by atoms with E-state index in [-0.39, 0.29) is 10.7 Å². The third-order valence-corrected chi connectivity index (χ3v) is 4.00. The predicted octanol–water partition coefficient (Wildman–Crippen LogP) is 3.49. The van der Waals surface area contributed by atoms with Crippen LogP contribution in [0.3, 0.4) is 0 Å². The molecule has 0 aromatic heterocycles. The summed E-state index contributed by atoms with van der Waals surface area (Å²) in [4.78, 5) is 10.4. The molecule has 0 bridgehead atoms. The topological polar surface area (TPSA) is 55.2 Å². The lowest BCUT2D eigenvalue weighted by Gasteiger charge is -2.18. The number of likely N-dealkylation sites (N-methyl/N-ethyl adjacent to an activating group) is 1. The van der Waals surface area contributed by atoms with Crippen molar-refractivity contribution in [3.05, 3.63) is 38.4 Å². The van der Waals surface area contributed by atoms with E-state index in [2.05, 4.69) is 12.2 Å². The van der Waals surface area contributed by atoms with E-state index in [1.54, 1.807) is 12.1 Å². The van der Waals surface area contributed by atoms with Gasteiger partial charge in [-0.2, -0.15) is 0 Å². The summed E-state index contributed by atoms with van der Waals surface area (Å²) in [5.41, 5.74) is 2.04. The van der Waals surface area contributed by atoms with Crippen LogP contribution >= 0.6 is 11.6 Å². The highest BCUT2D eigenvalue weighted by Gasteiger charge is 2.31. The molecule has 1 saturated carbocycles. The van der Waals surface area contributed by atoms with Crippen molar-refractivity contribution in [2.24, 2.45) is 5.92 Å². The third-order valence-electron chi connectivity index (χ3n) is 3.70. The van der Waals surface area contributed by atoms with E-state index in [1.807, 2.05) is 6.92 Å². The van der Waals surface area contributed by atoms with Crippen LogP contribution in [0.25, 0.3) is 0 Å². The maximum absolute atomic E-state index is 10.8. The van der Waals surface area contributed by atoms with E-state index < -0.39 is 4.92 Å². The van der Waals surface area contributed by atoms with Gasteiger partial charge in [0.15, 0.2) is 0 Å². The molecule has 1 aromatic rings. The molecule has 1 N–H and O–H groups in total. The smallest absolute Gasteiger partial charge is 0.288 e. The Morgan fingerprint density at radius 3 is 2.74 bits per heavy atom. The maximum atomic E-state index is 10.8. The van der Waals surface area contributed by atoms with Crippen LogP contribution in [0.5, 0.6) is 0 Å². The Morgan fingerprint density at radius 1 is 1.53 bits per heavy atom. The molecule has 5 heteroatoms. The predicted molar refractivity (Wildman–Crippen MR) is 76.7 cm³/mol. The molecular weight excluding hydrogens is 264 g/mol. The zero-order chi connectivity index (χ0) is 14.0. The summed E-state index contributed by atoms with van der Waals surface area (Å²) in [7, 11) is 0. The van der Waals surface area contributed by atoms with Gasteiger partial charge in [-0.1, -0.05) is 18.5 Å². The highest BCUT2D eigenvalue weighted by atomic mass is 35.5. The van der Waals surface area contributed by atoms with Gasteiger partial charge >= 0.3 is 0 Å². The Balaban J connectivity index is 2.19. The molecule has 0 saturated heterocycles. The minimum absolute atomic E-state index is 0.00524. The summed E-state index contributed by atoms with van der Waals surface area (Å²) in [6, 6.07) is 3.79. The van der Waals surface area contributed by atoms with Crippen molar-refractivity contribution in [2.75, 3.05) is 6.54 Å². The molecule has 104 valence electrons. The molecule has 2 rings (SSSR count). The van der Waals surface area contributed by atoms with Gasteiger partial charge in [-0.25, -0.2) is 0 Å². The molecule has 1 atom stereocenters. The number of benzene rings is 1. The first-order valence-corrected chi connectivity index (χ1v) is 7.07. The normalized spacial score (nSPS) is 16.4.